The van der Waals surface area contributed by atoms with Crippen molar-refractivity contribution in [2.75, 3.05) is 6.67 Å². The van der Waals surface area contributed by atoms with Crippen molar-refractivity contribution in [3.05, 3.63) is 35.9 Å². The largest absolute Gasteiger partial charge is 0.320 e. The Bertz CT molecular complexity index is 315. The van der Waals surface area contributed by atoms with Crippen molar-refractivity contribution < 1.29 is 13.5 Å². The van der Waals surface area contributed by atoms with Crippen molar-refractivity contribution in [1.29, 1.82) is 0 Å². The quantitative estimate of drug-likeness (QED) is 0.529. The number of hydrogen-bond acceptors (Lipinski definition) is 1. The Hall–Kier alpha value is -0.530. The monoisotopic (exact) mass is 202 g/mol. The van der Waals surface area contributed by atoms with Gasteiger partial charge in [0, 0.05) is 0 Å². The van der Waals surface area contributed by atoms with Gasteiger partial charge in [-0.1, -0.05) is 39.6 Å². The molecule has 1 aromatic carbocycles. The van der Waals surface area contributed by atoms with Gasteiger partial charge in [-0.3, -0.25) is 0 Å². The van der Waals surface area contributed by atoms with Crippen molar-refractivity contribution in [2.24, 2.45) is 0 Å². The molecule has 1 nitrogen and oxygen atoms in total. The third kappa shape index (κ3) is 1.18. The number of epoxide rings is 1. The number of ether oxygens (including phenoxy) is 1. The second-order valence-electron chi connectivity index (χ2n) is 3.07. The summed E-state index contributed by atoms with van der Waals surface area (Å²) in [5.41, 5.74) is -2.79. The van der Waals surface area contributed by atoms with E-state index in [0.717, 1.165) is 0 Å². The summed E-state index contributed by atoms with van der Waals surface area (Å²) in [6, 6.07) is 8.57. The molecular weight excluding hydrogens is 193 g/mol. The molecule has 1 saturated heterocycles. The molecule has 0 aromatic heterocycles. The zero-order chi connectivity index (χ0) is 9.53. The van der Waals surface area contributed by atoms with Crippen molar-refractivity contribution >= 4 is 9.24 Å². The first kappa shape index (κ1) is 9.04. The molecule has 1 aromatic rings. The minimum absolute atomic E-state index is 0.537. The second-order valence-corrected chi connectivity index (χ2v) is 3.82. The van der Waals surface area contributed by atoms with E-state index in [9.17, 15) is 8.78 Å². The van der Waals surface area contributed by atoms with Gasteiger partial charge in [-0.2, -0.15) is 0 Å². The van der Waals surface area contributed by atoms with Gasteiger partial charge in [0.15, 0.2) is 5.60 Å². The van der Waals surface area contributed by atoms with Gasteiger partial charge in [0.25, 0.3) is 5.60 Å². The molecule has 0 spiro atoms. The van der Waals surface area contributed by atoms with E-state index >= 15 is 0 Å². The summed E-state index contributed by atoms with van der Waals surface area (Å²) < 4.78 is 30.7. The Kier molecular flexibility index (Phi) is 1.90. The molecule has 0 amide bonds. The first-order chi connectivity index (χ1) is 6.12. The zero-order valence-corrected chi connectivity index (χ0v) is 7.99. The molecule has 70 valence electrons. The number of rotatable bonds is 2. The van der Waals surface area contributed by atoms with Crippen molar-refractivity contribution in [3.8, 4) is 0 Å². The van der Waals surface area contributed by atoms with E-state index in [4.69, 9.17) is 4.74 Å². The molecule has 1 heterocycles. The van der Waals surface area contributed by atoms with Crippen LogP contribution >= 0.6 is 9.24 Å². The van der Waals surface area contributed by atoms with Crippen LogP contribution in [0.3, 0.4) is 0 Å². The summed E-state index contributed by atoms with van der Waals surface area (Å²) in [6.07, 6.45) is 0. The SMILES string of the molecule is FCC1(c2ccccc2)OC1(F)P. The molecule has 13 heavy (non-hydrogen) atoms. The summed E-state index contributed by atoms with van der Waals surface area (Å²) in [5.74, 6) is 0. The van der Waals surface area contributed by atoms with Gasteiger partial charge in [0.05, 0.1) is 0 Å². The Morgan fingerprint density at radius 2 is 1.85 bits per heavy atom. The van der Waals surface area contributed by atoms with E-state index in [-0.39, 0.29) is 0 Å². The Balaban J connectivity index is 2.37. The van der Waals surface area contributed by atoms with E-state index < -0.39 is 17.9 Å². The average Bonchev–Trinajstić information content (AvgIpc) is 2.72. The predicted molar refractivity (Wildman–Crippen MR) is 48.7 cm³/mol. The van der Waals surface area contributed by atoms with Crippen LogP contribution in [0.1, 0.15) is 5.56 Å². The number of benzene rings is 1. The summed E-state index contributed by atoms with van der Waals surface area (Å²) in [5, 5.41) is 0. The van der Waals surface area contributed by atoms with Crippen LogP contribution in [-0.2, 0) is 10.3 Å². The Morgan fingerprint density at radius 1 is 1.31 bits per heavy atom. The maximum atomic E-state index is 13.3. The summed E-state index contributed by atoms with van der Waals surface area (Å²) in [6.45, 7) is -0.850. The highest BCUT2D eigenvalue weighted by atomic mass is 31.0. The highest BCUT2D eigenvalue weighted by Crippen LogP contribution is 2.61. The van der Waals surface area contributed by atoms with Crippen molar-refractivity contribution in [3.63, 3.8) is 0 Å². The highest BCUT2D eigenvalue weighted by molar-refractivity contribution is 7.19. The molecule has 1 aliphatic heterocycles. The van der Waals surface area contributed by atoms with Gasteiger partial charge in [-0.15, -0.1) is 0 Å². The van der Waals surface area contributed by atoms with Crippen LogP contribution in [0, 0.1) is 0 Å². The lowest BCUT2D eigenvalue weighted by atomic mass is 10.0. The third-order valence-electron chi connectivity index (χ3n) is 2.26. The molecule has 1 fully saturated rings. The lowest BCUT2D eigenvalue weighted by molar-refractivity contribution is 0.210. The maximum absolute atomic E-state index is 13.3. The van der Waals surface area contributed by atoms with E-state index in [1.165, 1.54) is 0 Å². The highest BCUT2D eigenvalue weighted by Gasteiger charge is 2.70. The van der Waals surface area contributed by atoms with Gasteiger partial charge in [0.1, 0.15) is 6.67 Å². The fraction of sp³-hybridized carbons (Fsp3) is 0.333. The summed E-state index contributed by atoms with van der Waals surface area (Å²) >= 11 is 0. The predicted octanol–water partition coefficient (Wildman–Crippen LogP) is 2.38. The molecule has 0 radical (unpaired) electrons. The van der Waals surface area contributed by atoms with Crippen LogP contribution in [0.25, 0.3) is 0 Å². The van der Waals surface area contributed by atoms with E-state index in [1.807, 2.05) is 9.24 Å². The molecule has 2 rings (SSSR count). The van der Waals surface area contributed by atoms with Gasteiger partial charge in [0.2, 0.25) is 0 Å². The number of alkyl halides is 2. The van der Waals surface area contributed by atoms with Crippen LogP contribution in [0.15, 0.2) is 30.3 Å². The van der Waals surface area contributed by atoms with Gasteiger partial charge in [-0.05, 0) is 5.56 Å². The van der Waals surface area contributed by atoms with Crippen LogP contribution < -0.4 is 0 Å². The third-order valence-corrected chi connectivity index (χ3v) is 2.84. The molecule has 1 aliphatic rings. The smallest absolute Gasteiger partial charge is 0.258 e. The molecule has 4 heteroatoms. The first-order valence-electron chi connectivity index (χ1n) is 3.92. The van der Waals surface area contributed by atoms with Crippen molar-refractivity contribution in [1.82, 2.24) is 0 Å². The molecule has 0 bridgehead atoms. The topological polar surface area (TPSA) is 12.5 Å². The summed E-state index contributed by atoms with van der Waals surface area (Å²) in [7, 11) is 1.88. The molecule has 3 atom stereocenters. The normalized spacial score (nSPS) is 37.5. The minimum Gasteiger partial charge on any atom is -0.320 e. The fourth-order valence-corrected chi connectivity index (χ4v) is 1.83. The van der Waals surface area contributed by atoms with Crippen LogP contribution in [0.4, 0.5) is 8.78 Å². The van der Waals surface area contributed by atoms with Gasteiger partial charge < -0.3 is 4.74 Å². The second kappa shape index (κ2) is 2.73. The molecule has 0 N–H and O–H groups in total. The standard InChI is InChI=1S/C9H9F2OP/c10-6-8(9(11,13)12-8)7-4-2-1-3-5-7/h1-5H,6,13H2. The Labute approximate surface area is 77.3 Å². The van der Waals surface area contributed by atoms with E-state index in [2.05, 4.69) is 0 Å². The molecule has 3 unspecified atom stereocenters. The number of halogens is 2. The van der Waals surface area contributed by atoms with Crippen LogP contribution in [0.5, 0.6) is 0 Å². The van der Waals surface area contributed by atoms with Crippen LogP contribution in [0.2, 0.25) is 0 Å². The van der Waals surface area contributed by atoms with Crippen molar-refractivity contribution in [2.45, 2.75) is 11.2 Å². The van der Waals surface area contributed by atoms with E-state index in [1.54, 1.807) is 30.3 Å². The van der Waals surface area contributed by atoms with E-state index in [0.29, 0.717) is 5.56 Å². The minimum atomic E-state index is -1.94. The van der Waals surface area contributed by atoms with Crippen LogP contribution in [-0.4, -0.2) is 12.3 Å². The van der Waals surface area contributed by atoms with Gasteiger partial charge >= 0.3 is 0 Å². The maximum Gasteiger partial charge on any atom is 0.258 e. The molecular formula is C9H9F2OP. The van der Waals surface area contributed by atoms with Gasteiger partial charge in [-0.25, -0.2) is 8.78 Å². The zero-order valence-electron chi connectivity index (χ0n) is 6.84. The number of hydrogen-bond donors (Lipinski definition) is 0. The fourth-order valence-electron chi connectivity index (χ4n) is 1.39. The molecule has 0 aliphatic carbocycles. The Morgan fingerprint density at radius 3 is 2.23 bits per heavy atom. The lowest BCUT2D eigenvalue weighted by Gasteiger charge is -2.07. The average molecular weight is 202 g/mol. The lowest BCUT2D eigenvalue weighted by Crippen LogP contribution is -2.17. The summed E-state index contributed by atoms with van der Waals surface area (Å²) in [4.78, 5) is 0. The first-order valence-corrected chi connectivity index (χ1v) is 4.49. The molecule has 0 saturated carbocycles.